The zero-order valence-corrected chi connectivity index (χ0v) is 12.3. The minimum atomic E-state index is -1.16. The van der Waals surface area contributed by atoms with Gasteiger partial charge in [0.15, 0.2) is 5.69 Å². The third-order valence-electron chi connectivity index (χ3n) is 3.72. The summed E-state index contributed by atoms with van der Waals surface area (Å²) < 4.78 is 10.5. The molecule has 23 heavy (non-hydrogen) atoms. The number of carboxylic acid groups (broad SMARTS) is 1. The van der Waals surface area contributed by atoms with E-state index in [-0.39, 0.29) is 24.2 Å². The van der Waals surface area contributed by atoms with E-state index >= 15 is 0 Å². The maximum Gasteiger partial charge on any atom is 0.410 e. The second kappa shape index (κ2) is 6.51. The van der Waals surface area contributed by atoms with Crippen molar-refractivity contribution in [1.82, 2.24) is 9.88 Å². The van der Waals surface area contributed by atoms with Gasteiger partial charge in [-0.2, -0.15) is 0 Å². The maximum absolute atomic E-state index is 12.3. The summed E-state index contributed by atoms with van der Waals surface area (Å²) in [5.41, 5.74) is 0.741. The second-order valence-corrected chi connectivity index (χ2v) is 5.27. The van der Waals surface area contributed by atoms with Crippen LogP contribution in [-0.2, 0) is 11.3 Å². The molecule has 0 aliphatic carbocycles. The van der Waals surface area contributed by atoms with E-state index in [9.17, 15) is 9.59 Å². The van der Waals surface area contributed by atoms with Crippen molar-refractivity contribution >= 4 is 12.1 Å². The van der Waals surface area contributed by atoms with E-state index in [4.69, 9.17) is 14.3 Å². The van der Waals surface area contributed by atoms with Crippen LogP contribution in [0.2, 0.25) is 0 Å². The summed E-state index contributed by atoms with van der Waals surface area (Å²) in [5, 5.41) is 8.90. The fourth-order valence-corrected chi connectivity index (χ4v) is 2.58. The molecular formula is C16H16N2O5. The lowest BCUT2D eigenvalue weighted by Crippen LogP contribution is -2.31. The van der Waals surface area contributed by atoms with Crippen LogP contribution in [0.5, 0.6) is 0 Å². The number of aromatic carboxylic acids is 1. The minimum absolute atomic E-state index is 0.162. The van der Waals surface area contributed by atoms with E-state index in [2.05, 4.69) is 4.98 Å². The topological polar surface area (TPSA) is 92.9 Å². The van der Waals surface area contributed by atoms with Crippen LogP contribution in [0, 0.1) is 0 Å². The number of hydrogen-bond donors (Lipinski definition) is 1. The van der Waals surface area contributed by atoms with E-state index in [1.807, 2.05) is 30.3 Å². The van der Waals surface area contributed by atoms with Crippen molar-refractivity contribution in [3.63, 3.8) is 0 Å². The van der Waals surface area contributed by atoms with Crippen LogP contribution in [0.1, 0.15) is 40.8 Å². The smallest absolute Gasteiger partial charge is 0.410 e. The minimum Gasteiger partial charge on any atom is -0.476 e. The van der Waals surface area contributed by atoms with Gasteiger partial charge < -0.3 is 14.3 Å². The molecule has 2 aromatic rings. The first kappa shape index (κ1) is 15.1. The van der Waals surface area contributed by atoms with Crippen molar-refractivity contribution in [1.29, 1.82) is 0 Å². The summed E-state index contributed by atoms with van der Waals surface area (Å²) in [6.45, 7) is 0.720. The van der Waals surface area contributed by atoms with Crippen molar-refractivity contribution in [3.05, 3.63) is 53.7 Å². The molecule has 2 heterocycles. The molecule has 1 aliphatic heterocycles. The van der Waals surface area contributed by atoms with Gasteiger partial charge in [0.2, 0.25) is 5.89 Å². The SMILES string of the molecule is O=C(O)c1coc([C@@H]2CCCN2C(=O)OCc2ccccc2)n1. The number of benzene rings is 1. The standard InChI is InChI=1S/C16H16N2O5/c19-15(20)12-10-22-14(17-12)13-7-4-8-18(13)16(21)23-9-11-5-2-1-3-6-11/h1-3,5-6,10,13H,4,7-9H2,(H,19,20)/t13-/m0/s1. The van der Waals surface area contributed by atoms with Crippen molar-refractivity contribution in [2.45, 2.75) is 25.5 Å². The monoisotopic (exact) mass is 316 g/mol. The summed E-state index contributed by atoms with van der Waals surface area (Å²) >= 11 is 0. The first-order chi connectivity index (χ1) is 11.1. The number of hydrogen-bond acceptors (Lipinski definition) is 5. The molecule has 1 fully saturated rings. The second-order valence-electron chi connectivity index (χ2n) is 5.27. The van der Waals surface area contributed by atoms with Gasteiger partial charge in [0, 0.05) is 6.54 Å². The first-order valence-corrected chi connectivity index (χ1v) is 7.31. The fraction of sp³-hybridized carbons (Fsp3) is 0.312. The van der Waals surface area contributed by atoms with Crippen molar-refractivity contribution in [3.8, 4) is 0 Å². The molecule has 120 valence electrons. The number of carbonyl (C=O) groups is 2. The Balaban J connectivity index is 1.65. The summed E-state index contributed by atoms with van der Waals surface area (Å²) in [6, 6.07) is 9.02. The number of carboxylic acids is 1. The van der Waals surface area contributed by atoms with Gasteiger partial charge in [-0.1, -0.05) is 30.3 Å². The van der Waals surface area contributed by atoms with Crippen LogP contribution in [-0.4, -0.2) is 33.6 Å². The summed E-state index contributed by atoms with van der Waals surface area (Å²) in [7, 11) is 0. The molecule has 1 aliphatic rings. The number of likely N-dealkylation sites (tertiary alicyclic amines) is 1. The molecule has 1 aromatic heterocycles. The predicted octanol–water partition coefficient (Wildman–Crippen LogP) is 2.85. The number of ether oxygens (including phenoxy) is 1. The number of rotatable bonds is 4. The third kappa shape index (κ3) is 3.33. The molecule has 3 rings (SSSR count). The molecule has 1 saturated heterocycles. The molecule has 0 bridgehead atoms. The average molecular weight is 316 g/mol. The highest BCUT2D eigenvalue weighted by molar-refractivity contribution is 5.84. The van der Waals surface area contributed by atoms with Gasteiger partial charge in [-0.3, -0.25) is 4.90 Å². The quantitative estimate of drug-likeness (QED) is 0.932. The van der Waals surface area contributed by atoms with E-state index < -0.39 is 12.1 Å². The van der Waals surface area contributed by atoms with E-state index in [1.165, 1.54) is 4.90 Å². The van der Waals surface area contributed by atoms with Crippen LogP contribution in [0.25, 0.3) is 0 Å². The molecule has 1 N–H and O–H groups in total. The molecule has 7 heteroatoms. The van der Waals surface area contributed by atoms with E-state index in [1.54, 1.807) is 0 Å². The third-order valence-corrected chi connectivity index (χ3v) is 3.72. The number of amides is 1. The van der Waals surface area contributed by atoms with Gasteiger partial charge >= 0.3 is 12.1 Å². The zero-order valence-electron chi connectivity index (χ0n) is 12.3. The van der Waals surface area contributed by atoms with Gasteiger partial charge in [-0.05, 0) is 18.4 Å². The molecule has 0 saturated carbocycles. The lowest BCUT2D eigenvalue weighted by Gasteiger charge is -2.21. The van der Waals surface area contributed by atoms with Crippen LogP contribution >= 0.6 is 0 Å². The Morgan fingerprint density at radius 1 is 1.35 bits per heavy atom. The highest BCUT2D eigenvalue weighted by Crippen LogP contribution is 2.32. The van der Waals surface area contributed by atoms with Crippen molar-refractivity contribution < 1.29 is 23.8 Å². The van der Waals surface area contributed by atoms with E-state index in [0.717, 1.165) is 18.2 Å². The Labute approximate surface area is 132 Å². The summed E-state index contributed by atoms with van der Waals surface area (Å²) in [4.78, 5) is 28.6. The lowest BCUT2D eigenvalue weighted by atomic mass is 10.2. The molecule has 0 spiro atoms. The normalized spacial score (nSPS) is 17.2. The Kier molecular flexibility index (Phi) is 4.27. The molecule has 0 unspecified atom stereocenters. The van der Waals surface area contributed by atoms with Crippen LogP contribution in [0.3, 0.4) is 0 Å². The number of aromatic nitrogens is 1. The van der Waals surface area contributed by atoms with Gasteiger partial charge in [-0.15, -0.1) is 0 Å². The molecule has 1 amide bonds. The van der Waals surface area contributed by atoms with Gasteiger partial charge in [0.25, 0.3) is 0 Å². The Bertz CT molecular complexity index is 698. The lowest BCUT2D eigenvalue weighted by molar-refractivity contribution is 0.0690. The van der Waals surface area contributed by atoms with Gasteiger partial charge in [-0.25, -0.2) is 14.6 Å². The summed E-state index contributed by atoms with van der Waals surface area (Å²) in [6.07, 6.45) is 2.09. The van der Waals surface area contributed by atoms with Gasteiger partial charge in [0.05, 0.1) is 0 Å². The Morgan fingerprint density at radius 3 is 2.83 bits per heavy atom. The molecule has 1 aromatic carbocycles. The van der Waals surface area contributed by atoms with E-state index in [0.29, 0.717) is 13.0 Å². The number of nitrogens with zero attached hydrogens (tertiary/aromatic N) is 2. The Morgan fingerprint density at radius 2 is 2.13 bits per heavy atom. The average Bonchev–Trinajstić information content (AvgIpc) is 3.22. The largest absolute Gasteiger partial charge is 0.476 e. The first-order valence-electron chi connectivity index (χ1n) is 7.31. The predicted molar refractivity (Wildman–Crippen MR) is 78.8 cm³/mol. The maximum atomic E-state index is 12.3. The summed E-state index contributed by atoms with van der Waals surface area (Å²) in [5.74, 6) is -0.923. The number of oxazole rings is 1. The Hall–Kier alpha value is -2.83. The highest BCUT2D eigenvalue weighted by atomic mass is 16.6. The van der Waals surface area contributed by atoms with Crippen LogP contribution < -0.4 is 0 Å². The van der Waals surface area contributed by atoms with Crippen molar-refractivity contribution in [2.75, 3.05) is 6.54 Å². The van der Waals surface area contributed by atoms with Crippen LogP contribution in [0.4, 0.5) is 4.79 Å². The molecular weight excluding hydrogens is 300 g/mol. The van der Waals surface area contributed by atoms with Crippen LogP contribution in [0.15, 0.2) is 41.0 Å². The highest BCUT2D eigenvalue weighted by Gasteiger charge is 2.34. The fourth-order valence-electron chi connectivity index (χ4n) is 2.58. The van der Waals surface area contributed by atoms with Crippen molar-refractivity contribution in [2.24, 2.45) is 0 Å². The van der Waals surface area contributed by atoms with Gasteiger partial charge in [0.1, 0.15) is 18.9 Å². The molecule has 1 atom stereocenters. The molecule has 0 radical (unpaired) electrons. The zero-order chi connectivity index (χ0) is 16.2. The molecule has 7 nitrogen and oxygen atoms in total. The number of carbonyl (C=O) groups excluding carboxylic acids is 1.